The lowest BCUT2D eigenvalue weighted by Crippen LogP contribution is -2.26. The molecule has 0 spiro atoms. The van der Waals surface area contributed by atoms with Gasteiger partial charge in [-0.2, -0.15) is 0 Å². The fourth-order valence-electron chi connectivity index (χ4n) is 3.67. The molecule has 174 valence electrons. The minimum atomic E-state index is -0.242. The summed E-state index contributed by atoms with van der Waals surface area (Å²) in [6.45, 7) is 5.37. The first-order chi connectivity index (χ1) is 15.6. The van der Waals surface area contributed by atoms with Crippen LogP contribution in [0.3, 0.4) is 0 Å². The van der Waals surface area contributed by atoms with E-state index in [2.05, 4.69) is 39.7 Å². The van der Waals surface area contributed by atoms with Crippen LogP contribution >= 0.6 is 0 Å². The van der Waals surface area contributed by atoms with Crippen molar-refractivity contribution in [2.75, 3.05) is 19.7 Å². The molecule has 0 amide bonds. The Morgan fingerprint density at radius 3 is 2.56 bits per heavy atom. The first kappa shape index (κ1) is 25.5. The largest absolute Gasteiger partial charge is 0.404 e. The van der Waals surface area contributed by atoms with Crippen LogP contribution < -0.4 is 28.0 Å². The summed E-state index contributed by atoms with van der Waals surface area (Å²) in [6.07, 6.45) is 5.76. The summed E-state index contributed by atoms with van der Waals surface area (Å²) >= 11 is 0. The maximum Gasteiger partial charge on any atom is 0.128 e. The maximum absolute atomic E-state index is 13.4. The van der Waals surface area contributed by atoms with E-state index in [-0.39, 0.29) is 12.4 Å². The lowest BCUT2D eigenvalue weighted by Gasteiger charge is -2.23. The van der Waals surface area contributed by atoms with Crippen molar-refractivity contribution in [3.8, 4) is 0 Å². The first-order valence-electron chi connectivity index (χ1n) is 11.0. The van der Waals surface area contributed by atoms with Gasteiger partial charge in [0.1, 0.15) is 5.82 Å². The lowest BCUT2D eigenvalue weighted by molar-refractivity contribution is 0.161. The molecule has 1 heterocycles. The highest BCUT2D eigenvalue weighted by atomic mass is 19.1. The number of rotatable bonds is 8. The molecule has 3 rings (SSSR count). The minimum absolute atomic E-state index is 0.195. The Morgan fingerprint density at radius 2 is 1.94 bits per heavy atom. The Hall–Kier alpha value is -2.71. The number of benzene rings is 2. The van der Waals surface area contributed by atoms with Gasteiger partial charge in [0, 0.05) is 36.1 Å². The summed E-state index contributed by atoms with van der Waals surface area (Å²) in [4.78, 5) is 4.55. The van der Waals surface area contributed by atoms with Gasteiger partial charge in [0.25, 0.3) is 0 Å². The topological polar surface area (TPSA) is 111 Å². The predicted octanol–water partition coefficient (Wildman–Crippen LogP) is 3.16. The molecule has 0 aliphatic carbocycles. The van der Waals surface area contributed by atoms with Crippen molar-refractivity contribution < 1.29 is 9.23 Å². The van der Waals surface area contributed by atoms with Crippen molar-refractivity contribution in [1.82, 2.24) is 10.6 Å². The summed E-state index contributed by atoms with van der Waals surface area (Å²) in [5, 5.41) is 6.49. The van der Waals surface area contributed by atoms with E-state index >= 15 is 0 Å². The van der Waals surface area contributed by atoms with Crippen molar-refractivity contribution in [2.45, 2.75) is 38.8 Å². The van der Waals surface area contributed by atoms with E-state index in [1.54, 1.807) is 18.2 Å². The molecule has 6 nitrogen and oxygen atoms in total. The average Bonchev–Trinajstić information content (AvgIpc) is 2.85. The molecule has 8 N–H and O–H groups in total. The van der Waals surface area contributed by atoms with Crippen molar-refractivity contribution in [3.63, 3.8) is 0 Å². The first-order valence-corrected chi connectivity index (χ1v) is 11.0. The second-order valence-electron chi connectivity index (χ2n) is 7.62. The zero-order valence-electron chi connectivity index (χ0n) is 18.8. The van der Waals surface area contributed by atoms with E-state index in [1.807, 2.05) is 13.0 Å². The number of halogens is 1. The smallest absolute Gasteiger partial charge is 0.128 e. The third-order valence-electron chi connectivity index (χ3n) is 5.50. The van der Waals surface area contributed by atoms with Crippen LogP contribution in [0.25, 0.3) is 0 Å². The number of allylic oxidation sites excluding steroid dienone is 1. The van der Waals surface area contributed by atoms with Gasteiger partial charge in [0.15, 0.2) is 0 Å². The van der Waals surface area contributed by atoms with Gasteiger partial charge >= 0.3 is 0 Å². The highest BCUT2D eigenvalue weighted by molar-refractivity contribution is 5.30. The van der Waals surface area contributed by atoms with E-state index < -0.39 is 0 Å². The van der Waals surface area contributed by atoms with Gasteiger partial charge in [-0.25, -0.2) is 10.3 Å². The van der Waals surface area contributed by atoms with E-state index in [9.17, 15) is 4.39 Å². The van der Waals surface area contributed by atoms with E-state index in [0.717, 1.165) is 30.3 Å². The molecule has 1 saturated heterocycles. The Bertz CT molecular complexity index is 878. The van der Waals surface area contributed by atoms with Crippen LogP contribution in [0.1, 0.15) is 42.4 Å². The molecule has 0 atom stereocenters. The van der Waals surface area contributed by atoms with Crippen molar-refractivity contribution in [2.24, 2.45) is 17.4 Å². The summed E-state index contributed by atoms with van der Waals surface area (Å²) in [5.41, 5.74) is 15.9. The third-order valence-corrected chi connectivity index (χ3v) is 5.50. The SMILES string of the molecule is C/C=C(NCc1ccccc1F)\C(=C/N)CON.NCc1cccc(C2CCNCC2)c1. The van der Waals surface area contributed by atoms with Crippen LogP contribution in [0.4, 0.5) is 4.39 Å². The van der Waals surface area contributed by atoms with Gasteiger partial charge in [0.05, 0.1) is 6.61 Å². The summed E-state index contributed by atoms with van der Waals surface area (Å²) in [6, 6.07) is 15.3. The highest BCUT2D eigenvalue weighted by Crippen LogP contribution is 2.25. The fraction of sp³-hybridized carbons (Fsp3) is 0.360. The molecular weight excluding hydrogens is 405 g/mol. The monoisotopic (exact) mass is 441 g/mol. The maximum atomic E-state index is 13.4. The van der Waals surface area contributed by atoms with Gasteiger partial charge in [-0.15, -0.1) is 0 Å². The zero-order valence-corrected chi connectivity index (χ0v) is 18.8. The van der Waals surface area contributed by atoms with Gasteiger partial charge in [-0.05, 0) is 56.0 Å². The average molecular weight is 442 g/mol. The Balaban J connectivity index is 0.000000233. The third kappa shape index (κ3) is 8.09. The molecule has 1 aliphatic rings. The van der Waals surface area contributed by atoms with Crippen molar-refractivity contribution in [3.05, 3.63) is 94.6 Å². The van der Waals surface area contributed by atoms with Gasteiger partial charge < -0.3 is 22.1 Å². The number of nitrogens with two attached hydrogens (primary N) is 3. The number of hydrogen-bond acceptors (Lipinski definition) is 6. The van der Waals surface area contributed by atoms with Gasteiger partial charge in [0.2, 0.25) is 0 Å². The number of hydrogen-bond donors (Lipinski definition) is 5. The van der Waals surface area contributed by atoms with Crippen LogP contribution in [0.5, 0.6) is 0 Å². The summed E-state index contributed by atoms with van der Waals surface area (Å²) in [7, 11) is 0. The summed E-state index contributed by atoms with van der Waals surface area (Å²) < 4.78 is 13.4. The van der Waals surface area contributed by atoms with Crippen LogP contribution in [0.2, 0.25) is 0 Å². The normalized spacial score (nSPS) is 15.1. The molecule has 7 heteroatoms. The van der Waals surface area contributed by atoms with Gasteiger partial charge in [-0.3, -0.25) is 4.84 Å². The Morgan fingerprint density at radius 1 is 1.19 bits per heavy atom. The highest BCUT2D eigenvalue weighted by Gasteiger charge is 2.14. The van der Waals surface area contributed by atoms with E-state index in [4.69, 9.17) is 17.4 Å². The van der Waals surface area contributed by atoms with Crippen LogP contribution in [-0.2, 0) is 17.9 Å². The standard InChI is InChI=1S/C13H18FN3O.C12H18N2/c1-2-13(11(7-15)9-18-16)17-8-10-5-3-4-6-12(10)14;13-9-10-2-1-3-12(8-10)11-4-6-14-7-5-11/h2-7,17H,8-9,15-16H2,1H3;1-3,8,11,14H,4-7,9,13H2/b11-7-,13-2+;. The molecule has 0 radical (unpaired) electrons. The molecule has 0 unspecified atom stereocenters. The van der Waals surface area contributed by atoms with Crippen molar-refractivity contribution >= 4 is 0 Å². The van der Waals surface area contributed by atoms with Crippen LogP contribution in [0, 0.1) is 5.82 Å². The molecule has 2 aromatic rings. The van der Waals surface area contributed by atoms with E-state index in [0.29, 0.717) is 18.7 Å². The van der Waals surface area contributed by atoms with Crippen LogP contribution in [-0.4, -0.2) is 19.7 Å². The fourth-order valence-corrected chi connectivity index (χ4v) is 3.67. The number of nitrogens with one attached hydrogen (secondary N) is 2. The summed E-state index contributed by atoms with van der Waals surface area (Å²) in [5.74, 6) is 5.51. The Kier molecular flexibility index (Phi) is 11.5. The van der Waals surface area contributed by atoms with Crippen LogP contribution in [0.15, 0.2) is 72.1 Å². The van der Waals surface area contributed by atoms with Crippen molar-refractivity contribution in [1.29, 1.82) is 0 Å². The zero-order chi connectivity index (χ0) is 23.2. The molecule has 2 aromatic carbocycles. The second-order valence-corrected chi connectivity index (χ2v) is 7.62. The predicted molar refractivity (Wildman–Crippen MR) is 129 cm³/mol. The molecule has 0 bridgehead atoms. The Labute approximate surface area is 190 Å². The molecule has 1 aliphatic heterocycles. The molecule has 1 fully saturated rings. The van der Waals surface area contributed by atoms with Gasteiger partial charge in [-0.1, -0.05) is 48.5 Å². The molecule has 32 heavy (non-hydrogen) atoms. The minimum Gasteiger partial charge on any atom is -0.404 e. The quantitative estimate of drug-likeness (QED) is 0.318. The lowest BCUT2D eigenvalue weighted by atomic mass is 9.89. The second kappa shape index (κ2) is 14.4. The molecule has 0 aromatic heterocycles. The molecular formula is C25H36FN5O. The molecule has 0 saturated carbocycles. The van der Waals surface area contributed by atoms with E-state index in [1.165, 1.54) is 36.2 Å². The number of piperidine rings is 1.